The van der Waals surface area contributed by atoms with Crippen LogP contribution in [0.2, 0.25) is 0 Å². The van der Waals surface area contributed by atoms with E-state index in [2.05, 4.69) is 5.32 Å². The molecule has 0 spiro atoms. The molecule has 0 aliphatic rings. The van der Waals surface area contributed by atoms with E-state index in [1.165, 1.54) is 12.1 Å². The van der Waals surface area contributed by atoms with E-state index in [1.54, 1.807) is 18.7 Å². The molecule has 0 bridgehead atoms. The summed E-state index contributed by atoms with van der Waals surface area (Å²) in [5.41, 5.74) is -0.759. The molecule has 0 unspecified atom stereocenters. The van der Waals surface area contributed by atoms with Crippen molar-refractivity contribution in [3.63, 3.8) is 0 Å². The second-order valence-corrected chi connectivity index (χ2v) is 4.47. The summed E-state index contributed by atoms with van der Waals surface area (Å²) in [5, 5.41) is 11.6. The monoisotopic (exact) mass is 304 g/mol. The van der Waals surface area contributed by atoms with Crippen LogP contribution >= 0.6 is 0 Å². The first kappa shape index (κ1) is 17.3. The lowest BCUT2D eigenvalue weighted by Gasteiger charge is -2.24. The molecule has 4 nitrogen and oxygen atoms in total. The quantitative estimate of drug-likeness (QED) is 0.847. The molecule has 21 heavy (non-hydrogen) atoms. The van der Waals surface area contributed by atoms with Gasteiger partial charge in [-0.2, -0.15) is 13.2 Å². The highest BCUT2D eigenvalue weighted by Gasteiger charge is 2.33. The van der Waals surface area contributed by atoms with E-state index in [9.17, 15) is 18.0 Å². The van der Waals surface area contributed by atoms with Crippen LogP contribution in [0.5, 0.6) is 0 Å². The van der Waals surface area contributed by atoms with Crippen LogP contribution < -0.4 is 10.2 Å². The lowest BCUT2D eigenvalue weighted by molar-refractivity contribution is -0.138. The second kappa shape index (κ2) is 7.31. The molecule has 0 fully saturated rings. The van der Waals surface area contributed by atoms with Crippen molar-refractivity contribution in [1.29, 1.82) is 0 Å². The van der Waals surface area contributed by atoms with Crippen molar-refractivity contribution in [1.82, 2.24) is 5.32 Å². The van der Waals surface area contributed by atoms with Gasteiger partial charge in [0.2, 0.25) is 5.91 Å². The summed E-state index contributed by atoms with van der Waals surface area (Å²) >= 11 is 0. The van der Waals surface area contributed by atoms with Crippen LogP contribution in [0.15, 0.2) is 18.2 Å². The first-order chi connectivity index (χ1) is 9.83. The summed E-state index contributed by atoms with van der Waals surface area (Å²) in [6.45, 7) is 3.69. The van der Waals surface area contributed by atoms with Gasteiger partial charge in [-0.05, 0) is 31.5 Å². The smallest absolute Gasteiger partial charge is 0.392 e. The fourth-order valence-corrected chi connectivity index (χ4v) is 1.97. The van der Waals surface area contributed by atoms with Crippen molar-refractivity contribution >= 4 is 11.6 Å². The minimum absolute atomic E-state index is 0.0138. The zero-order valence-electron chi connectivity index (χ0n) is 12.0. The highest BCUT2D eigenvalue weighted by atomic mass is 19.4. The van der Waals surface area contributed by atoms with Gasteiger partial charge in [0.1, 0.15) is 0 Å². The van der Waals surface area contributed by atoms with Crippen LogP contribution in [0.4, 0.5) is 18.9 Å². The maximum atomic E-state index is 13.0. The predicted octanol–water partition coefficient (Wildman–Crippen LogP) is 2.16. The number of aliphatic hydroxyl groups is 1. The third kappa shape index (κ3) is 4.63. The molecule has 1 aromatic rings. The molecule has 1 amide bonds. The molecule has 0 aliphatic carbocycles. The van der Waals surface area contributed by atoms with Gasteiger partial charge in [-0.3, -0.25) is 4.79 Å². The normalized spacial score (nSPS) is 11.3. The third-order valence-electron chi connectivity index (χ3n) is 3.02. The third-order valence-corrected chi connectivity index (χ3v) is 3.02. The lowest BCUT2D eigenvalue weighted by atomic mass is 10.1. The molecule has 1 aromatic carbocycles. The SMILES string of the molecule is CCNC(=O)CN(CC)c1ccc(CO)c(C(F)(F)F)c1. The molecular weight excluding hydrogens is 285 g/mol. The number of nitrogens with zero attached hydrogens (tertiary/aromatic N) is 1. The zero-order valence-corrected chi connectivity index (χ0v) is 12.0. The molecule has 118 valence electrons. The van der Waals surface area contributed by atoms with E-state index < -0.39 is 18.3 Å². The Morgan fingerprint density at radius 2 is 2.00 bits per heavy atom. The van der Waals surface area contributed by atoms with Crippen molar-refractivity contribution in [2.24, 2.45) is 0 Å². The van der Waals surface area contributed by atoms with Crippen LogP contribution in [-0.4, -0.2) is 30.6 Å². The van der Waals surface area contributed by atoms with Gasteiger partial charge >= 0.3 is 6.18 Å². The average Bonchev–Trinajstić information content (AvgIpc) is 2.43. The molecule has 0 heterocycles. The fraction of sp³-hybridized carbons (Fsp3) is 0.500. The van der Waals surface area contributed by atoms with Gasteiger partial charge in [0.25, 0.3) is 0 Å². The zero-order chi connectivity index (χ0) is 16.0. The van der Waals surface area contributed by atoms with Crippen molar-refractivity contribution in [3.05, 3.63) is 29.3 Å². The van der Waals surface area contributed by atoms with Crippen molar-refractivity contribution < 1.29 is 23.1 Å². The van der Waals surface area contributed by atoms with E-state index in [1.807, 2.05) is 0 Å². The molecule has 0 aliphatic heterocycles. The van der Waals surface area contributed by atoms with Gasteiger partial charge < -0.3 is 15.3 Å². The number of nitrogens with one attached hydrogen (secondary N) is 1. The van der Waals surface area contributed by atoms with Crippen LogP contribution in [0.3, 0.4) is 0 Å². The summed E-state index contributed by atoms with van der Waals surface area (Å²) in [6.07, 6.45) is -4.54. The number of hydrogen-bond donors (Lipinski definition) is 2. The first-order valence-electron chi connectivity index (χ1n) is 6.66. The molecule has 0 saturated heterocycles. The number of likely N-dealkylation sites (N-methyl/N-ethyl adjacent to an activating group) is 2. The topological polar surface area (TPSA) is 52.6 Å². The average molecular weight is 304 g/mol. The fourth-order valence-electron chi connectivity index (χ4n) is 1.97. The van der Waals surface area contributed by atoms with Gasteiger partial charge in [0, 0.05) is 18.8 Å². The van der Waals surface area contributed by atoms with E-state index in [0.29, 0.717) is 18.8 Å². The summed E-state index contributed by atoms with van der Waals surface area (Å²) < 4.78 is 38.9. The van der Waals surface area contributed by atoms with Crippen LogP contribution in [0.25, 0.3) is 0 Å². The van der Waals surface area contributed by atoms with E-state index in [0.717, 1.165) is 6.07 Å². The Kier molecular flexibility index (Phi) is 6.02. The largest absolute Gasteiger partial charge is 0.416 e. The van der Waals surface area contributed by atoms with Gasteiger partial charge in [0.05, 0.1) is 18.7 Å². The van der Waals surface area contributed by atoms with E-state index >= 15 is 0 Å². The number of anilines is 1. The Morgan fingerprint density at radius 3 is 2.48 bits per heavy atom. The van der Waals surface area contributed by atoms with Gasteiger partial charge in [0.15, 0.2) is 0 Å². The Balaban J connectivity index is 3.08. The number of halogens is 3. The Bertz CT molecular complexity index is 490. The standard InChI is InChI=1S/C14H19F3N2O2/c1-3-18-13(21)8-19(4-2)11-6-5-10(9-20)12(7-11)14(15,16)17/h5-7,20H,3-4,8-9H2,1-2H3,(H,18,21). The minimum atomic E-state index is -4.54. The molecule has 1 rings (SSSR count). The molecule has 7 heteroatoms. The van der Waals surface area contributed by atoms with Crippen LogP contribution in [-0.2, 0) is 17.6 Å². The van der Waals surface area contributed by atoms with Gasteiger partial charge in [-0.25, -0.2) is 0 Å². The maximum Gasteiger partial charge on any atom is 0.416 e. The summed E-state index contributed by atoms with van der Waals surface area (Å²) in [4.78, 5) is 13.1. The Morgan fingerprint density at radius 1 is 1.33 bits per heavy atom. The molecule has 0 radical (unpaired) electrons. The molecule has 0 atom stereocenters. The number of carbonyl (C=O) groups is 1. The minimum Gasteiger partial charge on any atom is -0.392 e. The van der Waals surface area contributed by atoms with Crippen LogP contribution in [0.1, 0.15) is 25.0 Å². The van der Waals surface area contributed by atoms with Crippen LogP contribution in [0, 0.1) is 0 Å². The summed E-state index contributed by atoms with van der Waals surface area (Å²) in [6, 6.07) is 3.68. The molecular formula is C14H19F3N2O2. The number of aliphatic hydroxyl groups excluding tert-OH is 1. The highest BCUT2D eigenvalue weighted by Crippen LogP contribution is 2.34. The number of amides is 1. The number of benzene rings is 1. The van der Waals surface area contributed by atoms with E-state index in [-0.39, 0.29) is 18.0 Å². The van der Waals surface area contributed by atoms with Gasteiger partial charge in [-0.15, -0.1) is 0 Å². The Labute approximate surface area is 121 Å². The predicted molar refractivity (Wildman–Crippen MR) is 73.9 cm³/mol. The molecule has 0 saturated carbocycles. The van der Waals surface area contributed by atoms with Crippen molar-refractivity contribution in [2.45, 2.75) is 26.6 Å². The van der Waals surface area contributed by atoms with Crippen molar-refractivity contribution in [3.8, 4) is 0 Å². The number of hydrogen-bond acceptors (Lipinski definition) is 3. The van der Waals surface area contributed by atoms with E-state index in [4.69, 9.17) is 5.11 Å². The van der Waals surface area contributed by atoms with Gasteiger partial charge in [-0.1, -0.05) is 6.07 Å². The second-order valence-electron chi connectivity index (χ2n) is 4.47. The first-order valence-corrected chi connectivity index (χ1v) is 6.66. The number of carbonyl (C=O) groups excluding carboxylic acids is 1. The summed E-state index contributed by atoms with van der Waals surface area (Å²) in [7, 11) is 0. The highest BCUT2D eigenvalue weighted by molar-refractivity contribution is 5.81. The number of rotatable bonds is 6. The van der Waals surface area contributed by atoms with Crippen molar-refractivity contribution in [2.75, 3.05) is 24.5 Å². The molecule has 0 aromatic heterocycles. The Hall–Kier alpha value is -1.76. The lowest BCUT2D eigenvalue weighted by Crippen LogP contribution is -2.37. The summed E-state index contributed by atoms with van der Waals surface area (Å²) in [5.74, 6) is -0.251. The maximum absolute atomic E-state index is 13.0. The molecule has 2 N–H and O–H groups in total. The number of alkyl halides is 3.